The lowest BCUT2D eigenvalue weighted by Crippen LogP contribution is -2.30. The summed E-state index contributed by atoms with van der Waals surface area (Å²) in [6.45, 7) is 5.70. The number of carbonyl (C=O) groups excluding carboxylic acids is 1. The van der Waals surface area contributed by atoms with Gasteiger partial charge in [-0.25, -0.2) is 4.98 Å². The Morgan fingerprint density at radius 1 is 1.10 bits per heavy atom. The summed E-state index contributed by atoms with van der Waals surface area (Å²) in [5.74, 6) is -0.712. The largest absolute Gasteiger partial charge is 0.505 e. The number of hydrogen-bond acceptors (Lipinski definition) is 6. The van der Waals surface area contributed by atoms with Crippen molar-refractivity contribution in [2.75, 3.05) is 13.7 Å². The number of pyridine rings is 1. The molecule has 0 aliphatic heterocycles. The van der Waals surface area contributed by atoms with Gasteiger partial charge in [-0.1, -0.05) is 19.9 Å². The fraction of sp³-hybridized carbons (Fsp3) is 0.261. The number of aliphatic carboxylic acids is 1. The number of aromatic hydroxyl groups is 1. The van der Waals surface area contributed by atoms with Gasteiger partial charge in [0.15, 0.2) is 11.4 Å². The quantitative estimate of drug-likeness (QED) is 0.525. The van der Waals surface area contributed by atoms with Crippen molar-refractivity contribution in [1.29, 1.82) is 0 Å². The average molecular weight is 424 g/mol. The van der Waals surface area contributed by atoms with Crippen LogP contribution in [0.1, 0.15) is 41.4 Å². The minimum absolute atomic E-state index is 0.102. The number of fused-ring (bicyclic) bond motifs is 1. The minimum atomic E-state index is -1.21. The maximum atomic E-state index is 12.2. The van der Waals surface area contributed by atoms with Crippen molar-refractivity contribution >= 4 is 22.6 Å². The second-order valence-electron chi connectivity index (χ2n) is 7.38. The summed E-state index contributed by atoms with van der Waals surface area (Å²) in [7, 11) is 1.39. The first-order valence-electron chi connectivity index (χ1n) is 9.70. The van der Waals surface area contributed by atoms with Crippen molar-refractivity contribution in [1.82, 2.24) is 10.3 Å². The van der Waals surface area contributed by atoms with Crippen molar-refractivity contribution in [3.05, 3.63) is 53.2 Å². The molecule has 1 aromatic heterocycles. The number of nitrogens with one attached hydrogen (secondary N) is 1. The fourth-order valence-electron chi connectivity index (χ4n) is 3.36. The van der Waals surface area contributed by atoms with Crippen LogP contribution in [0, 0.1) is 6.92 Å². The monoisotopic (exact) mass is 424 g/mol. The highest BCUT2D eigenvalue weighted by Gasteiger charge is 2.20. The molecule has 8 nitrogen and oxygen atoms in total. The third-order valence-corrected chi connectivity index (χ3v) is 4.82. The van der Waals surface area contributed by atoms with E-state index in [1.54, 1.807) is 18.2 Å². The van der Waals surface area contributed by atoms with Crippen molar-refractivity contribution < 1.29 is 29.3 Å². The number of carboxylic acid groups (broad SMARTS) is 1. The summed E-state index contributed by atoms with van der Waals surface area (Å²) in [6, 6.07) is 10.8. The van der Waals surface area contributed by atoms with Gasteiger partial charge < -0.3 is 25.0 Å². The summed E-state index contributed by atoms with van der Waals surface area (Å²) in [6.07, 6.45) is 0. The molecule has 0 unspecified atom stereocenters. The van der Waals surface area contributed by atoms with Gasteiger partial charge in [0.1, 0.15) is 18.0 Å². The van der Waals surface area contributed by atoms with Gasteiger partial charge in [-0.3, -0.25) is 9.59 Å². The van der Waals surface area contributed by atoms with E-state index in [0.29, 0.717) is 28.2 Å². The zero-order valence-electron chi connectivity index (χ0n) is 17.7. The van der Waals surface area contributed by atoms with Gasteiger partial charge in [0.2, 0.25) is 5.88 Å². The summed E-state index contributed by atoms with van der Waals surface area (Å²) >= 11 is 0. The Hall–Kier alpha value is -3.81. The molecule has 8 heteroatoms. The van der Waals surface area contributed by atoms with Crippen LogP contribution in [0.2, 0.25) is 0 Å². The van der Waals surface area contributed by atoms with Gasteiger partial charge in [0, 0.05) is 5.39 Å². The Morgan fingerprint density at radius 3 is 2.39 bits per heavy atom. The van der Waals surface area contributed by atoms with Crippen LogP contribution in [-0.4, -0.2) is 40.7 Å². The van der Waals surface area contributed by atoms with Crippen LogP contribution < -0.4 is 14.8 Å². The molecule has 2 aromatic carbocycles. The number of nitrogens with zero attached hydrogens (tertiary/aromatic N) is 1. The van der Waals surface area contributed by atoms with E-state index >= 15 is 0 Å². The lowest BCUT2D eigenvalue weighted by molar-refractivity contribution is -0.135. The van der Waals surface area contributed by atoms with Crippen molar-refractivity contribution in [3.8, 4) is 23.1 Å². The maximum absolute atomic E-state index is 12.2. The zero-order valence-corrected chi connectivity index (χ0v) is 17.7. The number of benzene rings is 2. The number of carbonyl (C=O) groups is 2. The van der Waals surface area contributed by atoms with Crippen LogP contribution in [0.4, 0.5) is 0 Å². The second-order valence-corrected chi connectivity index (χ2v) is 7.38. The number of aryl methyl sites for hydroxylation is 1. The molecule has 0 aliphatic carbocycles. The summed E-state index contributed by atoms with van der Waals surface area (Å²) in [4.78, 5) is 27.0. The third-order valence-electron chi connectivity index (χ3n) is 4.82. The molecule has 1 heterocycles. The van der Waals surface area contributed by atoms with Crippen LogP contribution in [0.3, 0.4) is 0 Å². The van der Waals surface area contributed by atoms with Crippen molar-refractivity contribution in [3.63, 3.8) is 0 Å². The number of amides is 1. The molecule has 1 amide bonds. The van der Waals surface area contributed by atoms with E-state index in [1.165, 1.54) is 12.7 Å². The van der Waals surface area contributed by atoms with Gasteiger partial charge in [-0.15, -0.1) is 0 Å². The normalized spacial score (nSPS) is 10.9. The van der Waals surface area contributed by atoms with Crippen molar-refractivity contribution in [2.45, 2.75) is 26.7 Å². The van der Waals surface area contributed by atoms with Gasteiger partial charge in [-0.2, -0.15) is 0 Å². The number of hydrogen-bond donors (Lipinski definition) is 3. The van der Waals surface area contributed by atoms with Crippen LogP contribution in [-0.2, 0) is 4.79 Å². The van der Waals surface area contributed by atoms with E-state index in [0.717, 1.165) is 5.56 Å². The molecule has 3 aromatic rings. The molecule has 0 saturated heterocycles. The van der Waals surface area contributed by atoms with Crippen LogP contribution in [0.15, 0.2) is 36.4 Å². The van der Waals surface area contributed by atoms with Gasteiger partial charge >= 0.3 is 5.97 Å². The molecule has 0 atom stereocenters. The van der Waals surface area contributed by atoms with E-state index in [-0.39, 0.29) is 17.3 Å². The predicted octanol–water partition coefficient (Wildman–Crippen LogP) is 3.99. The van der Waals surface area contributed by atoms with E-state index in [4.69, 9.17) is 14.6 Å². The van der Waals surface area contributed by atoms with Crippen LogP contribution >= 0.6 is 0 Å². The van der Waals surface area contributed by atoms with E-state index in [9.17, 15) is 14.7 Å². The smallest absolute Gasteiger partial charge is 0.322 e. The number of methoxy groups -OCH3 is 1. The molecule has 3 rings (SSSR count). The molecule has 31 heavy (non-hydrogen) atoms. The minimum Gasteiger partial charge on any atom is -0.505 e. The lowest BCUT2D eigenvalue weighted by Gasteiger charge is -2.14. The Labute approximate surface area is 179 Å². The van der Waals surface area contributed by atoms with Crippen LogP contribution in [0.5, 0.6) is 23.1 Å². The molecule has 3 N–H and O–H groups in total. The number of ether oxygens (including phenoxy) is 2. The predicted molar refractivity (Wildman–Crippen MR) is 115 cm³/mol. The lowest BCUT2D eigenvalue weighted by atomic mass is 9.98. The third kappa shape index (κ3) is 4.69. The number of carboxylic acids is 1. The first-order chi connectivity index (χ1) is 14.7. The first kappa shape index (κ1) is 21.9. The van der Waals surface area contributed by atoms with E-state index < -0.39 is 18.4 Å². The van der Waals surface area contributed by atoms with Gasteiger partial charge in [-0.05, 0) is 54.3 Å². The Balaban J connectivity index is 1.97. The number of rotatable bonds is 7. The summed E-state index contributed by atoms with van der Waals surface area (Å²) < 4.78 is 11.3. The summed E-state index contributed by atoms with van der Waals surface area (Å²) in [5, 5.41) is 22.2. The second kappa shape index (κ2) is 8.91. The summed E-state index contributed by atoms with van der Waals surface area (Å²) in [5.41, 5.74) is 2.05. The highest BCUT2D eigenvalue weighted by Crippen LogP contribution is 2.37. The Kier molecular flexibility index (Phi) is 6.29. The first-order valence-corrected chi connectivity index (χ1v) is 9.70. The molecule has 0 spiro atoms. The SMILES string of the molecule is COc1nc(C(=O)NCC(=O)O)c(O)c2ccc(Oc3ccc(C(C)C)c(C)c3)cc12. The molecule has 0 radical (unpaired) electrons. The highest BCUT2D eigenvalue weighted by molar-refractivity contribution is 6.04. The standard InChI is InChI=1S/C23H24N2O6/c1-12(2)16-7-5-14(9-13(16)3)31-15-6-8-17-18(10-15)23(30-4)25-20(21(17)28)22(29)24-11-19(26)27/h5-10,12,28H,11H2,1-4H3,(H,24,29)(H,26,27). The Morgan fingerprint density at radius 2 is 1.77 bits per heavy atom. The van der Waals surface area contributed by atoms with Gasteiger partial charge in [0.05, 0.1) is 12.5 Å². The van der Waals surface area contributed by atoms with Crippen molar-refractivity contribution in [2.24, 2.45) is 0 Å². The number of aromatic nitrogens is 1. The molecule has 0 aliphatic rings. The van der Waals surface area contributed by atoms with E-state index in [1.807, 2.05) is 25.1 Å². The molecular formula is C23H24N2O6. The Bertz CT molecular complexity index is 1160. The maximum Gasteiger partial charge on any atom is 0.322 e. The van der Waals surface area contributed by atoms with E-state index in [2.05, 4.69) is 24.1 Å². The molecule has 162 valence electrons. The zero-order chi connectivity index (χ0) is 22.7. The fourth-order valence-corrected chi connectivity index (χ4v) is 3.36. The van der Waals surface area contributed by atoms with Crippen LogP contribution in [0.25, 0.3) is 10.8 Å². The molecule has 0 fully saturated rings. The van der Waals surface area contributed by atoms with Gasteiger partial charge in [0.25, 0.3) is 5.91 Å². The molecule has 0 saturated carbocycles. The molecule has 0 bridgehead atoms. The molecular weight excluding hydrogens is 400 g/mol. The topological polar surface area (TPSA) is 118 Å². The highest BCUT2D eigenvalue weighted by atomic mass is 16.5. The average Bonchev–Trinajstić information content (AvgIpc) is 2.72.